The Kier molecular flexibility index (Phi) is 4.72. The number of hydrogen-bond donors (Lipinski definition) is 1. The van der Waals surface area contributed by atoms with Gasteiger partial charge in [-0.1, -0.05) is 20.8 Å². The molecule has 2 nitrogen and oxygen atoms in total. The summed E-state index contributed by atoms with van der Waals surface area (Å²) in [6.07, 6.45) is 7.29. The molecule has 0 saturated heterocycles. The van der Waals surface area contributed by atoms with Gasteiger partial charge in [-0.05, 0) is 68.5 Å². The average molecular weight is 263 g/mol. The van der Waals surface area contributed by atoms with E-state index in [2.05, 4.69) is 33.0 Å². The van der Waals surface area contributed by atoms with E-state index in [1.165, 1.54) is 25.7 Å². The van der Waals surface area contributed by atoms with Crippen molar-refractivity contribution in [3.05, 3.63) is 24.2 Å². The molecule has 1 aromatic heterocycles. The number of hydrogen-bond acceptors (Lipinski definition) is 2. The highest BCUT2D eigenvalue weighted by atomic mass is 16.3. The van der Waals surface area contributed by atoms with E-state index in [1.807, 2.05) is 12.1 Å². The Hall–Kier alpha value is -0.760. The summed E-state index contributed by atoms with van der Waals surface area (Å²) in [4.78, 5) is 0. The molecule has 19 heavy (non-hydrogen) atoms. The molecule has 1 atom stereocenters. The molecule has 1 aliphatic carbocycles. The Morgan fingerprint density at radius 2 is 1.95 bits per heavy atom. The lowest BCUT2D eigenvalue weighted by Gasteiger charge is -2.37. The van der Waals surface area contributed by atoms with Crippen LogP contribution < -0.4 is 5.32 Å². The van der Waals surface area contributed by atoms with Crippen LogP contribution in [0.15, 0.2) is 22.8 Å². The summed E-state index contributed by atoms with van der Waals surface area (Å²) >= 11 is 0. The maximum Gasteiger partial charge on any atom is 0.120 e. The van der Waals surface area contributed by atoms with Gasteiger partial charge in [0.25, 0.3) is 0 Å². The van der Waals surface area contributed by atoms with Crippen molar-refractivity contribution in [3.63, 3.8) is 0 Å². The second-order valence-corrected chi connectivity index (χ2v) is 7.23. The lowest BCUT2D eigenvalue weighted by Crippen LogP contribution is -2.31. The molecule has 1 heterocycles. The zero-order valence-electron chi connectivity index (χ0n) is 12.9. The Morgan fingerprint density at radius 1 is 1.26 bits per heavy atom. The van der Waals surface area contributed by atoms with E-state index in [9.17, 15) is 0 Å². The van der Waals surface area contributed by atoms with Crippen molar-refractivity contribution < 1.29 is 4.42 Å². The Balaban J connectivity index is 1.71. The molecule has 0 aliphatic heterocycles. The van der Waals surface area contributed by atoms with Crippen molar-refractivity contribution >= 4 is 0 Å². The third-order valence-corrected chi connectivity index (χ3v) is 4.75. The normalized spacial score (nSPS) is 26.3. The molecule has 1 unspecified atom stereocenters. The van der Waals surface area contributed by atoms with Gasteiger partial charge >= 0.3 is 0 Å². The molecule has 0 spiro atoms. The molecule has 2 rings (SSSR count). The smallest absolute Gasteiger partial charge is 0.120 e. The molecular weight excluding hydrogens is 234 g/mol. The van der Waals surface area contributed by atoms with Gasteiger partial charge in [-0.3, -0.25) is 0 Å². The quantitative estimate of drug-likeness (QED) is 0.845. The molecular formula is C17H29NO. The minimum atomic E-state index is 0.329. The maximum atomic E-state index is 5.43. The summed E-state index contributed by atoms with van der Waals surface area (Å²) in [5.74, 6) is 2.80. The minimum absolute atomic E-state index is 0.329. The third kappa shape index (κ3) is 4.10. The Morgan fingerprint density at radius 3 is 2.47 bits per heavy atom. The van der Waals surface area contributed by atoms with Crippen LogP contribution in [-0.4, -0.2) is 6.54 Å². The van der Waals surface area contributed by atoms with Gasteiger partial charge in [0.2, 0.25) is 0 Å². The predicted molar refractivity (Wildman–Crippen MR) is 80.0 cm³/mol. The highest BCUT2D eigenvalue weighted by molar-refractivity contribution is 5.02. The number of nitrogens with one attached hydrogen (secondary N) is 1. The zero-order valence-corrected chi connectivity index (χ0v) is 12.9. The second kappa shape index (κ2) is 6.13. The van der Waals surface area contributed by atoms with Crippen LogP contribution in [0.3, 0.4) is 0 Å². The van der Waals surface area contributed by atoms with Gasteiger partial charge in [0.1, 0.15) is 5.76 Å². The van der Waals surface area contributed by atoms with Crippen molar-refractivity contribution in [1.82, 2.24) is 5.32 Å². The summed E-state index contributed by atoms with van der Waals surface area (Å²) in [6.45, 7) is 10.5. The molecule has 0 radical (unpaired) electrons. The van der Waals surface area contributed by atoms with Gasteiger partial charge in [-0.15, -0.1) is 0 Å². The summed E-state index contributed by atoms with van der Waals surface area (Å²) in [7, 11) is 0. The largest absolute Gasteiger partial charge is 0.468 e. The van der Waals surface area contributed by atoms with Crippen molar-refractivity contribution in [2.24, 2.45) is 17.3 Å². The SMILES string of the molecule is CC(NCC1CCC(C(C)(C)C)CC1)c1ccco1. The fraction of sp³-hybridized carbons (Fsp3) is 0.765. The van der Waals surface area contributed by atoms with Crippen molar-refractivity contribution in [2.75, 3.05) is 6.54 Å². The number of furan rings is 1. The molecule has 1 N–H and O–H groups in total. The molecule has 1 aliphatic rings. The van der Waals surface area contributed by atoms with Gasteiger partial charge in [0, 0.05) is 0 Å². The lowest BCUT2D eigenvalue weighted by molar-refractivity contribution is 0.147. The van der Waals surface area contributed by atoms with E-state index < -0.39 is 0 Å². The molecule has 0 bridgehead atoms. The van der Waals surface area contributed by atoms with Gasteiger partial charge in [-0.25, -0.2) is 0 Å². The lowest BCUT2D eigenvalue weighted by atomic mass is 9.70. The van der Waals surface area contributed by atoms with Crippen LogP contribution in [0.2, 0.25) is 0 Å². The van der Waals surface area contributed by atoms with Crippen LogP contribution in [0.4, 0.5) is 0 Å². The fourth-order valence-corrected chi connectivity index (χ4v) is 3.21. The Labute approximate surface area is 118 Å². The van der Waals surface area contributed by atoms with Crippen molar-refractivity contribution in [3.8, 4) is 0 Å². The van der Waals surface area contributed by atoms with Crippen molar-refractivity contribution in [2.45, 2.75) is 59.4 Å². The highest BCUT2D eigenvalue weighted by Crippen LogP contribution is 2.39. The van der Waals surface area contributed by atoms with Crippen LogP contribution in [0, 0.1) is 17.3 Å². The maximum absolute atomic E-state index is 5.43. The van der Waals surface area contributed by atoms with E-state index in [0.29, 0.717) is 11.5 Å². The minimum Gasteiger partial charge on any atom is -0.468 e. The van der Waals surface area contributed by atoms with Gasteiger partial charge in [0.05, 0.1) is 12.3 Å². The summed E-state index contributed by atoms with van der Waals surface area (Å²) in [5.41, 5.74) is 0.486. The van der Waals surface area contributed by atoms with Crippen LogP contribution in [0.5, 0.6) is 0 Å². The van der Waals surface area contributed by atoms with Gasteiger partial charge in [0.15, 0.2) is 0 Å². The van der Waals surface area contributed by atoms with Gasteiger partial charge < -0.3 is 9.73 Å². The Bertz CT molecular complexity index is 355. The van der Waals surface area contributed by atoms with E-state index in [-0.39, 0.29) is 0 Å². The molecule has 0 amide bonds. The fourth-order valence-electron chi connectivity index (χ4n) is 3.21. The molecule has 1 saturated carbocycles. The van der Waals surface area contributed by atoms with E-state index in [1.54, 1.807) is 6.26 Å². The second-order valence-electron chi connectivity index (χ2n) is 7.23. The van der Waals surface area contributed by atoms with Crippen LogP contribution in [-0.2, 0) is 0 Å². The molecule has 1 fully saturated rings. The molecule has 108 valence electrons. The first-order chi connectivity index (χ1) is 8.97. The van der Waals surface area contributed by atoms with E-state index in [4.69, 9.17) is 4.42 Å². The standard InChI is InChI=1S/C17H29NO/c1-13(16-6-5-11-19-16)18-12-14-7-9-15(10-8-14)17(2,3)4/h5-6,11,13-15,18H,7-10,12H2,1-4H3. The monoisotopic (exact) mass is 263 g/mol. The first-order valence-corrected chi connectivity index (χ1v) is 7.73. The molecule has 1 aromatic rings. The van der Waals surface area contributed by atoms with Crippen LogP contribution in [0.1, 0.15) is 65.2 Å². The third-order valence-electron chi connectivity index (χ3n) is 4.75. The first-order valence-electron chi connectivity index (χ1n) is 7.73. The summed E-state index contributed by atoms with van der Waals surface area (Å²) in [6, 6.07) is 4.34. The molecule has 0 aromatic carbocycles. The summed E-state index contributed by atoms with van der Waals surface area (Å²) in [5, 5.41) is 3.61. The molecule has 2 heteroatoms. The average Bonchev–Trinajstić information content (AvgIpc) is 2.89. The topological polar surface area (TPSA) is 25.2 Å². The first kappa shape index (κ1) is 14.6. The van der Waals surface area contributed by atoms with Gasteiger partial charge in [-0.2, -0.15) is 0 Å². The van der Waals surface area contributed by atoms with E-state index in [0.717, 1.165) is 24.1 Å². The van der Waals surface area contributed by atoms with Crippen molar-refractivity contribution in [1.29, 1.82) is 0 Å². The zero-order chi connectivity index (χ0) is 13.9. The predicted octanol–water partition coefficient (Wildman–Crippen LogP) is 4.78. The number of rotatable bonds is 4. The summed E-state index contributed by atoms with van der Waals surface area (Å²) < 4.78 is 5.43. The highest BCUT2D eigenvalue weighted by Gasteiger charge is 2.29. The van der Waals surface area contributed by atoms with E-state index >= 15 is 0 Å². The van der Waals surface area contributed by atoms with Crippen LogP contribution in [0.25, 0.3) is 0 Å². The van der Waals surface area contributed by atoms with Crippen LogP contribution >= 0.6 is 0 Å².